The Balaban J connectivity index is 1.99. The van der Waals surface area contributed by atoms with Crippen molar-refractivity contribution in [3.05, 3.63) is 70.2 Å². The molecule has 0 atom stereocenters. The van der Waals surface area contributed by atoms with Gasteiger partial charge in [-0.1, -0.05) is 12.1 Å². The molecule has 0 saturated carbocycles. The highest BCUT2D eigenvalue weighted by Gasteiger charge is 2.31. The van der Waals surface area contributed by atoms with Crippen molar-refractivity contribution in [2.75, 3.05) is 0 Å². The first kappa shape index (κ1) is 17.9. The van der Waals surface area contributed by atoms with Crippen LogP contribution in [0.3, 0.4) is 0 Å². The summed E-state index contributed by atoms with van der Waals surface area (Å²) >= 11 is 1.01. The monoisotopic (exact) mass is 378 g/mol. The number of hydrogen-bond acceptors (Lipinski definition) is 4. The number of nitriles is 1. The zero-order valence-electron chi connectivity index (χ0n) is 13.0. The van der Waals surface area contributed by atoms with Crippen LogP contribution in [0.5, 0.6) is 0 Å². The lowest BCUT2D eigenvalue weighted by Crippen LogP contribution is -2.03. The first-order chi connectivity index (χ1) is 12.3. The highest BCUT2D eigenvalue weighted by molar-refractivity contribution is 7.19. The van der Waals surface area contributed by atoms with Gasteiger partial charge in [0.1, 0.15) is 28.2 Å². The Morgan fingerprint density at radius 2 is 1.85 bits per heavy atom. The van der Waals surface area contributed by atoms with Gasteiger partial charge < -0.3 is 5.11 Å². The van der Waals surface area contributed by atoms with E-state index in [9.17, 15) is 27.9 Å². The van der Waals surface area contributed by atoms with Crippen LogP contribution < -0.4 is 0 Å². The number of hydrogen-bond donors (Lipinski definition) is 1. The number of benzene rings is 2. The summed E-state index contributed by atoms with van der Waals surface area (Å²) in [5.41, 5.74) is -0.275. The van der Waals surface area contributed by atoms with E-state index < -0.39 is 17.6 Å². The molecule has 0 aliphatic rings. The molecule has 132 valence electrons. The van der Waals surface area contributed by atoms with Crippen molar-refractivity contribution in [3.63, 3.8) is 0 Å². The number of nitrogens with zero attached hydrogens (tertiary/aromatic N) is 2. The fourth-order valence-electron chi connectivity index (χ4n) is 2.33. The lowest BCUT2D eigenvalue weighted by molar-refractivity contribution is -0.137. The molecule has 3 rings (SSSR count). The summed E-state index contributed by atoms with van der Waals surface area (Å²) in [5.74, 6) is -0.710. The van der Waals surface area contributed by atoms with Crippen molar-refractivity contribution in [1.29, 1.82) is 5.26 Å². The van der Waals surface area contributed by atoms with E-state index in [-0.39, 0.29) is 28.3 Å². The molecule has 2 aromatic carbocycles. The fourth-order valence-corrected chi connectivity index (χ4v) is 3.29. The molecule has 0 amide bonds. The van der Waals surface area contributed by atoms with Crippen LogP contribution in [0.2, 0.25) is 0 Å². The maximum Gasteiger partial charge on any atom is 0.416 e. The van der Waals surface area contributed by atoms with Crippen LogP contribution in [0.15, 0.2) is 48.2 Å². The van der Waals surface area contributed by atoms with Crippen LogP contribution in [0, 0.1) is 17.1 Å². The third kappa shape index (κ3) is 3.68. The van der Waals surface area contributed by atoms with E-state index in [1.165, 1.54) is 30.3 Å². The molecular weight excluding hydrogens is 368 g/mol. The van der Waals surface area contributed by atoms with Crippen molar-refractivity contribution < 1.29 is 22.7 Å². The Morgan fingerprint density at radius 1 is 1.15 bits per heavy atom. The lowest BCUT2D eigenvalue weighted by Gasteiger charge is -2.04. The second-order valence-electron chi connectivity index (χ2n) is 5.44. The number of allylic oxidation sites excluding steroid dienone is 2. The molecule has 0 saturated heterocycles. The molecule has 1 heterocycles. The molecule has 3 aromatic rings. The van der Waals surface area contributed by atoms with Gasteiger partial charge >= 0.3 is 6.18 Å². The lowest BCUT2D eigenvalue weighted by atomic mass is 10.1. The third-order valence-electron chi connectivity index (χ3n) is 3.61. The number of halogens is 4. The van der Waals surface area contributed by atoms with Crippen LogP contribution in [-0.2, 0) is 12.6 Å². The molecule has 3 nitrogen and oxygen atoms in total. The molecule has 0 radical (unpaired) electrons. The molecule has 8 heteroatoms. The first-order valence-corrected chi connectivity index (χ1v) is 8.14. The van der Waals surface area contributed by atoms with Gasteiger partial charge in [0.15, 0.2) is 0 Å². The SMILES string of the molecule is N#CC(=C(O)Cc1ccc(F)cc1)c1nc2cc(C(F)(F)F)ccc2s1. The Labute approximate surface area is 149 Å². The maximum atomic E-state index is 12.9. The number of aliphatic hydroxyl groups excluding tert-OH is 1. The van der Waals surface area contributed by atoms with E-state index in [0.29, 0.717) is 10.3 Å². The predicted octanol–water partition coefficient (Wildman–Crippen LogP) is 5.49. The van der Waals surface area contributed by atoms with E-state index in [4.69, 9.17) is 0 Å². The smallest absolute Gasteiger partial charge is 0.416 e. The molecule has 0 aliphatic carbocycles. The number of aliphatic hydroxyl groups is 1. The first-order valence-electron chi connectivity index (χ1n) is 7.33. The topological polar surface area (TPSA) is 56.9 Å². The van der Waals surface area contributed by atoms with Crippen molar-refractivity contribution >= 4 is 27.1 Å². The molecule has 0 aliphatic heterocycles. The number of fused-ring (bicyclic) bond motifs is 1. The standard InChI is InChI=1S/C18H10F4N2OS/c19-12-4-1-10(2-5-12)7-15(25)13(9-23)17-24-14-8-11(18(20,21)22)3-6-16(14)26-17/h1-6,8,25H,7H2. The summed E-state index contributed by atoms with van der Waals surface area (Å²) < 4.78 is 51.8. The second kappa shape index (κ2) is 6.77. The molecule has 1 aromatic heterocycles. The highest BCUT2D eigenvalue weighted by Crippen LogP contribution is 2.34. The number of rotatable bonds is 3. The molecule has 0 spiro atoms. The van der Waals surface area contributed by atoms with E-state index >= 15 is 0 Å². The fraction of sp³-hybridized carbons (Fsp3) is 0.111. The Kier molecular flexibility index (Phi) is 4.66. The Morgan fingerprint density at radius 3 is 2.46 bits per heavy atom. The van der Waals surface area contributed by atoms with Crippen LogP contribution >= 0.6 is 11.3 Å². The summed E-state index contributed by atoms with van der Waals surface area (Å²) in [5, 5.41) is 19.7. The highest BCUT2D eigenvalue weighted by atomic mass is 32.1. The summed E-state index contributed by atoms with van der Waals surface area (Å²) in [7, 11) is 0. The predicted molar refractivity (Wildman–Crippen MR) is 89.9 cm³/mol. The summed E-state index contributed by atoms with van der Waals surface area (Å²) in [6, 6.07) is 10.4. The number of alkyl halides is 3. The quantitative estimate of drug-likeness (QED) is 0.372. The van der Waals surface area contributed by atoms with Gasteiger partial charge in [-0.3, -0.25) is 0 Å². The second-order valence-corrected chi connectivity index (χ2v) is 6.47. The number of aromatic nitrogens is 1. The van der Waals surface area contributed by atoms with E-state index in [1.807, 2.05) is 6.07 Å². The normalized spacial score (nSPS) is 12.7. The van der Waals surface area contributed by atoms with Crippen molar-refractivity contribution in [2.24, 2.45) is 0 Å². The largest absolute Gasteiger partial charge is 0.510 e. The van der Waals surface area contributed by atoms with Crippen LogP contribution in [0.4, 0.5) is 17.6 Å². The molecule has 0 unspecified atom stereocenters. The van der Waals surface area contributed by atoms with Gasteiger partial charge in [0.05, 0.1) is 15.8 Å². The Hall–Kier alpha value is -2.92. The summed E-state index contributed by atoms with van der Waals surface area (Å²) in [6.45, 7) is 0. The molecule has 1 N–H and O–H groups in total. The summed E-state index contributed by atoms with van der Waals surface area (Å²) in [6.07, 6.45) is -4.51. The zero-order valence-corrected chi connectivity index (χ0v) is 13.8. The summed E-state index contributed by atoms with van der Waals surface area (Å²) in [4.78, 5) is 4.05. The minimum atomic E-state index is -4.49. The number of thiazole rings is 1. The molecule has 0 fully saturated rings. The minimum Gasteiger partial charge on any atom is -0.510 e. The van der Waals surface area contributed by atoms with Crippen LogP contribution in [-0.4, -0.2) is 10.1 Å². The van der Waals surface area contributed by atoms with Gasteiger partial charge in [0.25, 0.3) is 0 Å². The van der Waals surface area contributed by atoms with E-state index in [0.717, 1.165) is 23.5 Å². The van der Waals surface area contributed by atoms with Gasteiger partial charge in [-0.15, -0.1) is 11.3 Å². The van der Waals surface area contributed by atoms with E-state index in [1.54, 1.807) is 0 Å². The maximum absolute atomic E-state index is 12.9. The molecule has 0 bridgehead atoms. The Bertz CT molecular complexity index is 1030. The van der Waals surface area contributed by atoms with Gasteiger partial charge in [-0.25, -0.2) is 9.37 Å². The third-order valence-corrected chi connectivity index (χ3v) is 4.67. The van der Waals surface area contributed by atoms with E-state index in [2.05, 4.69) is 4.98 Å². The van der Waals surface area contributed by atoms with Gasteiger partial charge in [-0.2, -0.15) is 18.4 Å². The minimum absolute atomic E-state index is 0.0209. The average Bonchev–Trinajstić information content (AvgIpc) is 2.99. The van der Waals surface area contributed by atoms with Crippen molar-refractivity contribution in [3.8, 4) is 6.07 Å². The van der Waals surface area contributed by atoms with Crippen LogP contribution in [0.1, 0.15) is 16.1 Å². The molecule has 26 heavy (non-hydrogen) atoms. The molecular formula is C18H10F4N2OS. The average molecular weight is 378 g/mol. The van der Waals surface area contributed by atoms with Crippen molar-refractivity contribution in [2.45, 2.75) is 12.6 Å². The van der Waals surface area contributed by atoms with Gasteiger partial charge in [0, 0.05) is 6.42 Å². The van der Waals surface area contributed by atoms with Gasteiger partial charge in [-0.05, 0) is 35.9 Å². The zero-order chi connectivity index (χ0) is 18.9. The van der Waals surface area contributed by atoms with Crippen molar-refractivity contribution in [1.82, 2.24) is 4.98 Å². The van der Waals surface area contributed by atoms with Gasteiger partial charge in [0.2, 0.25) is 0 Å². The van der Waals surface area contributed by atoms with Crippen LogP contribution in [0.25, 0.3) is 15.8 Å².